The number of aromatic nitrogens is 1. The maximum Gasteiger partial charge on any atom is 0.213 e. The van der Waals surface area contributed by atoms with Crippen LogP contribution in [0.5, 0.6) is 11.5 Å². The van der Waals surface area contributed by atoms with Crippen molar-refractivity contribution < 1.29 is 40.0 Å². The predicted molar refractivity (Wildman–Crippen MR) is 166 cm³/mol. The van der Waals surface area contributed by atoms with Crippen molar-refractivity contribution in [3.05, 3.63) is 95.9 Å². The van der Waals surface area contributed by atoms with Gasteiger partial charge < -0.3 is 18.6 Å². The van der Waals surface area contributed by atoms with Crippen LogP contribution in [0, 0.1) is 0 Å². The number of methoxy groups -OCH3 is 1. The minimum absolute atomic E-state index is 0.173. The number of aryl methyl sites for hydroxylation is 1. The monoisotopic (exact) mass is 636 g/mol. The smallest absolute Gasteiger partial charge is 0.213 e. The van der Waals surface area contributed by atoms with Crippen LogP contribution in [-0.2, 0) is 26.8 Å². The number of fused-ring (bicyclic) bond motifs is 2. The second kappa shape index (κ2) is 13.5. The Bertz CT molecular complexity index is 1890. The first-order chi connectivity index (χ1) is 21.0. The normalized spacial score (nSPS) is 15.8. The van der Waals surface area contributed by atoms with Gasteiger partial charge in [-0.25, -0.2) is 16.8 Å². The van der Waals surface area contributed by atoms with Gasteiger partial charge >= 0.3 is 0 Å². The molecule has 0 N–H and O–H groups in total. The van der Waals surface area contributed by atoms with Crippen LogP contribution in [0.1, 0.15) is 49.3 Å². The summed E-state index contributed by atoms with van der Waals surface area (Å²) >= 11 is 0. The SMILES string of the molecule is COc1ccc2c(ccc(C=C3Oc4ccc(-c5ccccc5)cc4C3CCCCS(=O)(=O)[O-])[n+]2CCCCS(=O)(=O)[O-])c1. The van der Waals surface area contributed by atoms with E-state index in [1.54, 1.807) is 7.11 Å². The van der Waals surface area contributed by atoms with Gasteiger partial charge in [0.2, 0.25) is 11.2 Å². The molecule has 0 saturated heterocycles. The molecular formula is C33H34NO8S2-. The highest BCUT2D eigenvalue weighted by Crippen LogP contribution is 2.45. The summed E-state index contributed by atoms with van der Waals surface area (Å²) in [6.45, 7) is 0.468. The number of ether oxygens (including phenoxy) is 2. The summed E-state index contributed by atoms with van der Waals surface area (Å²) in [6, 6.07) is 25.7. The highest BCUT2D eigenvalue weighted by molar-refractivity contribution is 7.85. The number of hydrogen-bond donors (Lipinski definition) is 0. The molecule has 1 aliphatic heterocycles. The van der Waals surface area contributed by atoms with Crippen LogP contribution in [0.3, 0.4) is 0 Å². The molecule has 0 bridgehead atoms. The number of rotatable bonds is 13. The molecule has 11 heteroatoms. The zero-order valence-electron chi connectivity index (χ0n) is 24.3. The zero-order chi connectivity index (χ0) is 31.3. The van der Waals surface area contributed by atoms with E-state index in [4.69, 9.17) is 9.47 Å². The van der Waals surface area contributed by atoms with Gasteiger partial charge in [0.15, 0.2) is 0 Å². The van der Waals surface area contributed by atoms with E-state index in [9.17, 15) is 25.9 Å². The molecule has 0 spiro atoms. The van der Waals surface area contributed by atoms with Crippen molar-refractivity contribution in [2.75, 3.05) is 18.6 Å². The molecule has 1 aliphatic rings. The average Bonchev–Trinajstić information content (AvgIpc) is 3.33. The highest BCUT2D eigenvalue weighted by Gasteiger charge is 2.31. The van der Waals surface area contributed by atoms with Gasteiger partial charge in [0, 0.05) is 47.6 Å². The van der Waals surface area contributed by atoms with E-state index in [1.165, 1.54) is 0 Å². The van der Waals surface area contributed by atoms with Crippen LogP contribution in [0.25, 0.3) is 28.1 Å². The molecule has 232 valence electrons. The molecule has 1 atom stereocenters. The minimum Gasteiger partial charge on any atom is -0.748 e. The molecule has 9 nitrogen and oxygen atoms in total. The molecule has 0 radical (unpaired) electrons. The maximum atomic E-state index is 11.2. The summed E-state index contributed by atoms with van der Waals surface area (Å²) < 4.78 is 81.1. The number of nitrogens with zero attached hydrogens (tertiary/aromatic N) is 1. The molecule has 0 saturated carbocycles. The lowest BCUT2D eigenvalue weighted by atomic mass is 9.90. The van der Waals surface area contributed by atoms with Gasteiger partial charge in [0.1, 0.15) is 23.8 Å². The molecule has 3 aromatic carbocycles. The second-order valence-corrected chi connectivity index (χ2v) is 13.9. The van der Waals surface area contributed by atoms with E-state index in [-0.39, 0.29) is 18.8 Å². The van der Waals surface area contributed by atoms with E-state index in [0.29, 0.717) is 37.3 Å². The Balaban J connectivity index is 1.52. The summed E-state index contributed by atoms with van der Waals surface area (Å²) in [5.41, 5.74) is 4.81. The average molecular weight is 637 g/mol. The Labute approximate surface area is 258 Å². The van der Waals surface area contributed by atoms with Crippen LogP contribution in [0.15, 0.2) is 84.6 Å². The topological polar surface area (TPSA) is 137 Å². The summed E-state index contributed by atoms with van der Waals surface area (Å²) in [6.07, 6.45) is 4.02. The molecule has 0 amide bonds. The molecule has 1 aromatic heterocycles. The molecule has 5 rings (SSSR count). The van der Waals surface area contributed by atoms with Crippen molar-refractivity contribution in [3.8, 4) is 22.6 Å². The Kier molecular flexibility index (Phi) is 9.69. The Hall–Kier alpha value is -3.77. The van der Waals surface area contributed by atoms with Crippen LogP contribution >= 0.6 is 0 Å². The summed E-state index contributed by atoms with van der Waals surface area (Å²) in [5.74, 6) is 1.11. The number of hydrogen-bond acceptors (Lipinski definition) is 8. The Morgan fingerprint density at radius 3 is 2.25 bits per heavy atom. The largest absolute Gasteiger partial charge is 0.748 e. The van der Waals surface area contributed by atoms with Gasteiger partial charge in [-0.05, 0) is 60.7 Å². The lowest BCUT2D eigenvalue weighted by Crippen LogP contribution is -2.38. The van der Waals surface area contributed by atoms with Crippen molar-refractivity contribution in [3.63, 3.8) is 0 Å². The van der Waals surface area contributed by atoms with Gasteiger partial charge in [-0.2, -0.15) is 4.57 Å². The summed E-state index contributed by atoms with van der Waals surface area (Å²) in [5, 5.41) is 0.932. The van der Waals surface area contributed by atoms with Gasteiger partial charge in [-0.3, -0.25) is 0 Å². The number of pyridine rings is 1. The molecule has 2 heterocycles. The van der Waals surface area contributed by atoms with Gasteiger partial charge in [0.05, 0.1) is 32.7 Å². The van der Waals surface area contributed by atoms with Crippen molar-refractivity contribution >= 4 is 37.2 Å². The molecular weight excluding hydrogens is 602 g/mol. The first-order valence-corrected chi connectivity index (χ1v) is 17.6. The van der Waals surface area contributed by atoms with Crippen LogP contribution in [-0.4, -0.2) is 44.6 Å². The van der Waals surface area contributed by atoms with Crippen molar-refractivity contribution in [2.24, 2.45) is 0 Å². The Morgan fingerprint density at radius 2 is 1.55 bits per heavy atom. The fraction of sp³-hybridized carbons (Fsp3) is 0.303. The zero-order valence-corrected chi connectivity index (χ0v) is 26.0. The van der Waals surface area contributed by atoms with E-state index < -0.39 is 31.7 Å². The van der Waals surface area contributed by atoms with Crippen LogP contribution in [0.2, 0.25) is 0 Å². The molecule has 44 heavy (non-hydrogen) atoms. The molecule has 0 fully saturated rings. The van der Waals surface area contributed by atoms with Crippen LogP contribution in [0.4, 0.5) is 0 Å². The minimum atomic E-state index is -4.31. The third-order valence-corrected chi connectivity index (χ3v) is 9.37. The van der Waals surface area contributed by atoms with Gasteiger partial charge in [0.25, 0.3) is 0 Å². The molecule has 1 unspecified atom stereocenters. The first-order valence-electron chi connectivity index (χ1n) is 14.5. The second-order valence-electron chi connectivity index (χ2n) is 10.9. The Morgan fingerprint density at radius 1 is 0.818 bits per heavy atom. The third kappa shape index (κ3) is 8.03. The van der Waals surface area contributed by atoms with Crippen molar-refractivity contribution in [1.82, 2.24) is 0 Å². The quantitative estimate of drug-likeness (QED) is 0.109. The van der Waals surface area contributed by atoms with E-state index in [1.807, 2.05) is 78.9 Å². The van der Waals surface area contributed by atoms with Crippen molar-refractivity contribution in [2.45, 2.75) is 44.6 Å². The van der Waals surface area contributed by atoms with Crippen molar-refractivity contribution in [1.29, 1.82) is 0 Å². The van der Waals surface area contributed by atoms with Gasteiger partial charge in [-0.1, -0.05) is 42.8 Å². The summed E-state index contributed by atoms with van der Waals surface area (Å²) in [7, 11) is -7.01. The fourth-order valence-electron chi connectivity index (χ4n) is 5.64. The molecule has 4 aromatic rings. The van der Waals surface area contributed by atoms with Crippen LogP contribution < -0.4 is 14.0 Å². The highest BCUT2D eigenvalue weighted by atomic mass is 32.2. The van der Waals surface area contributed by atoms with E-state index >= 15 is 0 Å². The molecule has 0 aliphatic carbocycles. The first kappa shape index (κ1) is 31.6. The summed E-state index contributed by atoms with van der Waals surface area (Å²) in [4.78, 5) is 0. The third-order valence-electron chi connectivity index (χ3n) is 7.79. The maximum absolute atomic E-state index is 11.2. The standard InChI is InChI=1S/C33H35NO8S2/c1-41-28-15-16-31-26(21-28)12-14-27(34(31)18-6-8-20-44(38,39)40)23-33-29(11-5-7-19-43(35,36)37)30-22-25(13-17-32(30)42-33)24-9-3-2-4-10-24/h2-4,9-10,12-17,21-23,29H,5-8,11,18-20H2,1H3,(H-,35,36,37,38,39,40)/p-1. The lowest BCUT2D eigenvalue weighted by molar-refractivity contribution is -0.673. The lowest BCUT2D eigenvalue weighted by Gasteiger charge is -2.13. The van der Waals surface area contributed by atoms with E-state index in [2.05, 4.69) is 10.6 Å². The predicted octanol–water partition coefficient (Wildman–Crippen LogP) is 5.36. The van der Waals surface area contributed by atoms with Gasteiger partial charge in [-0.15, -0.1) is 0 Å². The number of benzene rings is 3. The fourth-order valence-corrected chi connectivity index (χ4v) is 6.76. The van der Waals surface area contributed by atoms with E-state index in [0.717, 1.165) is 39.0 Å². The number of unbranched alkanes of at least 4 members (excludes halogenated alkanes) is 2. The number of allylic oxidation sites excluding steroid dienone is 1.